The smallest absolute Gasteiger partial charge is 0.323 e. The first-order valence-electron chi connectivity index (χ1n) is 6.76. The van der Waals surface area contributed by atoms with Gasteiger partial charge in [-0.2, -0.15) is 0 Å². The number of rotatable bonds is 5. The summed E-state index contributed by atoms with van der Waals surface area (Å²) < 4.78 is 19.3. The maximum Gasteiger partial charge on any atom is 0.323 e. The van der Waals surface area contributed by atoms with Crippen LogP contribution in [0.4, 0.5) is 14.9 Å². The van der Waals surface area contributed by atoms with E-state index in [1.54, 1.807) is 6.08 Å². The Balaban J connectivity index is 2.90. The molecule has 0 aliphatic heterocycles. The number of hydrogen-bond acceptors (Lipinski definition) is 2. The number of carbonyl (C=O) groups excluding carboxylic acids is 1. The molecular weight excluding hydrogens is 295 g/mol. The second-order valence-electron chi connectivity index (χ2n) is 4.68. The lowest BCUT2D eigenvalue weighted by Gasteiger charge is -2.14. The number of urea groups is 1. The molecule has 6 heteroatoms. The highest BCUT2D eigenvalue weighted by Gasteiger charge is 2.13. The fraction of sp³-hybridized carbons (Fsp3) is 0.400. The first kappa shape index (κ1) is 17.3. The van der Waals surface area contributed by atoms with Crippen LogP contribution in [0.1, 0.15) is 34.1 Å². The molecule has 0 radical (unpaired) electrons. The number of halogens is 2. The fourth-order valence-electron chi connectivity index (χ4n) is 1.63. The normalized spacial score (nSPS) is 11.5. The molecule has 0 bridgehead atoms. The second-order valence-corrected chi connectivity index (χ2v) is 5.08. The van der Waals surface area contributed by atoms with Crippen molar-refractivity contribution >= 4 is 23.3 Å². The molecule has 0 unspecified atom stereocenters. The number of amides is 2. The van der Waals surface area contributed by atoms with Crippen LogP contribution in [0.5, 0.6) is 5.75 Å². The summed E-state index contributed by atoms with van der Waals surface area (Å²) in [6.45, 7) is 7.39. The predicted octanol–water partition coefficient (Wildman–Crippen LogP) is 4.70. The van der Waals surface area contributed by atoms with Gasteiger partial charge in [0.15, 0.2) is 0 Å². The highest BCUT2D eigenvalue weighted by Crippen LogP contribution is 2.31. The summed E-state index contributed by atoms with van der Waals surface area (Å²) in [6.07, 6.45) is 2.35. The van der Waals surface area contributed by atoms with E-state index >= 15 is 0 Å². The van der Waals surface area contributed by atoms with Gasteiger partial charge in [-0.05, 0) is 33.3 Å². The van der Waals surface area contributed by atoms with E-state index in [-0.39, 0.29) is 16.8 Å². The van der Waals surface area contributed by atoms with Crippen molar-refractivity contribution in [2.75, 3.05) is 5.32 Å². The molecule has 0 aliphatic carbocycles. The monoisotopic (exact) mass is 314 g/mol. The number of hydrogen-bond donors (Lipinski definition) is 2. The number of benzene rings is 1. The molecule has 0 aromatic heterocycles. The van der Waals surface area contributed by atoms with E-state index in [4.69, 9.17) is 16.3 Å². The van der Waals surface area contributed by atoms with Gasteiger partial charge in [-0.15, -0.1) is 0 Å². The van der Waals surface area contributed by atoms with Crippen molar-refractivity contribution in [1.29, 1.82) is 0 Å². The third-order valence-corrected chi connectivity index (χ3v) is 2.93. The lowest BCUT2D eigenvalue weighted by molar-refractivity contribution is 0.242. The molecule has 1 aromatic rings. The zero-order chi connectivity index (χ0) is 16.0. The average molecular weight is 315 g/mol. The van der Waals surface area contributed by atoms with E-state index < -0.39 is 11.8 Å². The summed E-state index contributed by atoms with van der Waals surface area (Å²) in [5.41, 5.74) is 0.764. The van der Waals surface area contributed by atoms with Crippen LogP contribution in [0.25, 0.3) is 0 Å². The Kier molecular flexibility index (Phi) is 6.49. The second kappa shape index (κ2) is 7.88. The summed E-state index contributed by atoms with van der Waals surface area (Å²) in [5, 5.41) is 5.25. The molecule has 21 heavy (non-hydrogen) atoms. The molecule has 0 heterocycles. The minimum Gasteiger partial charge on any atom is -0.489 e. The van der Waals surface area contributed by atoms with Gasteiger partial charge in [0.2, 0.25) is 0 Å². The van der Waals surface area contributed by atoms with Crippen LogP contribution >= 0.6 is 11.6 Å². The van der Waals surface area contributed by atoms with Gasteiger partial charge in [0.25, 0.3) is 0 Å². The first-order chi connectivity index (χ1) is 9.87. The molecule has 1 aromatic carbocycles. The minimum atomic E-state index is -0.621. The van der Waals surface area contributed by atoms with Gasteiger partial charge in [-0.25, -0.2) is 9.18 Å². The molecule has 116 valence electrons. The largest absolute Gasteiger partial charge is 0.489 e. The third-order valence-electron chi connectivity index (χ3n) is 2.64. The lowest BCUT2D eigenvalue weighted by atomic mass is 10.2. The van der Waals surface area contributed by atoms with Crippen LogP contribution in [0.2, 0.25) is 5.02 Å². The molecule has 0 aliphatic rings. The van der Waals surface area contributed by atoms with Gasteiger partial charge in [0.05, 0.1) is 16.8 Å². The van der Waals surface area contributed by atoms with E-state index in [2.05, 4.69) is 10.6 Å². The van der Waals surface area contributed by atoms with E-state index in [9.17, 15) is 9.18 Å². The Bertz CT molecular complexity index is 545. The predicted molar refractivity (Wildman–Crippen MR) is 83.4 cm³/mol. The summed E-state index contributed by atoms with van der Waals surface area (Å²) >= 11 is 5.91. The number of carbonyl (C=O) groups is 1. The van der Waals surface area contributed by atoms with E-state index in [0.717, 1.165) is 11.8 Å². The van der Waals surface area contributed by atoms with Gasteiger partial charge >= 0.3 is 6.03 Å². The highest BCUT2D eigenvalue weighted by atomic mass is 35.5. The maximum atomic E-state index is 13.8. The summed E-state index contributed by atoms with van der Waals surface area (Å²) in [5.74, 6) is -0.296. The van der Waals surface area contributed by atoms with Gasteiger partial charge in [-0.1, -0.05) is 24.6 Å². The van der Waals surface area contributed by atoms with Crippen LogP contribution in [-0.2, 0) is 0 Å². The molecule has 0 saturated carbocycles. The lowest BCUT2D eigenvalue weighted by Crippen LogP contribution is -2.28. The third kappa shape index (κ3) is 5.27. The van der Waals surface area contributed by atoms with Crippen molar-refractivity contribution in [3.8, 4) is 5.75 Å². The van der Waals surface area contributed by atoms with Crippen molar-refractivity contribution in [2.24, 2.45) is 0 Å². The topological polar surface area (TPSA) is 50.4 Å². The Morgan fingerprint density at radius 3 is 2.67 bits per heavy atom. The van der Waals surface area contributed by atoms with Gasteiger partial charge in [0, 0.05) is 11.8 Å². The standard InChI is InChI=1S/C15H20ClFN2O2/c1-5-10(6-2)18-15(20)19-13-8-14(21-9(3)4)11(16)7-12(13)17/h5,7-9H,6H2,1-4H3,(H2,18,19,20). The van der Waals surface area contributed by atoms with Crippen LogP contribution in [0.15, 0.2) is 23.9 Å². The molecule has 1 rings (SSSR count). The van der Waals surface area contributed by atoms with Crippen LogP contribution in [0.3, 0.4) is 0 Å². The van der Waals surface area contributed by atoms with E-state index in [0.29, 0.717) is 12.2 Å². The Morgan fingerprint density at radius 2 is 2.14 bits per heavy atom. The number of ether oxygens (including phenoxy) is 1. The molecule has 0 fully saturated rings. The highest BCUT2D eigenvalue weighted by molar-refractivity contribution is 6.32. The van der Waals surface area contributed by atoms with Crippen molar-refractivity contribution in [2.45, 2.75) is 40.2 Å². The van der Waals surface area contributed by atoms with Crippen molar-refractivity contribution < 1.29 is 13.9 Å². The van der Waals surface area contributed by atoms with Crippen molar-refractivity contribution in [1.82, 2.24) is 5.32 Å². The Labute approximate surface area is 129 Å². The van der Waals surface area contributed by atoms with Crippen LogP contribution in [0, 0.1) is 5.82 Å². The maximum absolute atomic E-state index is 13.8. The zero-order valence-corrected chi connectivity index (χ0v) is 13.3. The average Bonchev–Trinajstić information content (AvgIpc) is 2.41. The van der Waals surface area contributed by atoms with Crippen molar-refractivity contribution in [3.05, 3.63) is 34.7 Å². The number of anilines is 1. The quantitative estimate of drug-likeness (QED) is 0.827. The van der Waals surface area contributed by atoms with Crippen LogP contribution in [-0.4, -0.2) is 12.1 Å². The van der Waals surface area contributed by atoms with Gasteiger partial charge < -0.3 is 15.4 Å². The summed E-state index contributed by atoms with van der Waals surface area (Å²) in [4.78, 5) is 11.8. The minimum absolute atomic E-state index is 0.0131. The molecular formula is C15H20ClFN2O2. The first-order valence-corrected chi connectivity index (χ1v) is 7.14. The van der Waals surface area contributed by atoms with Gasteiger partial charge in [-0.3, -0.25) is 0 Å². The van der Waals surface area contributed by atoms with Crippen LogP contribution < -0.4 is 15.4 Å². The van der Waals surface area contributed by atoms with E-state index in [1.807, 2.05) is 27.7 Å². The number of allylic oxidation sites excluding steroid dienone is 2. The fourth-order valence-corrected chi connectivity index (χ4v) is 1.83. The zero-order valence-electron chi connectivity index (χ0n) is 12.6. The molecule has 0 spiro atoms. The van der Waals surface area contributed by atoms with Crippen molar-refractivity contribution in [3.63, 3.8) is 0 Å². The molecule has 0 saturated heterocycles. The Hall–Kier alpha value is -1.75. The molecule has 0 atom stereocenters. The molecule has 2 N–H and O–H groups in total. The van der Waals surface area contributed by atoms with Gasteiger partial charge in [0.1, 0.15) is 11.6 Å². The Morgan fingerprint density at radius 1 is 1.48 bits per heavy atom. The SMILES string of the molecule is CC=C(CC)NC(=O)Nc1cc(OC(C)C)c(Cl)cc1F. The summed E-state index contributed by atoms with van der Waals surface area (Å²) in [6, 6.07) is 1.98. The number of nitrogens with one attached hydrogen (secondary N) is 2. The summed E-state index contributed by atoms with van der Waals surface area (Å²) in [7, 11) is 0. The molecule has 2 amide bonds. The molecule has 4 nitrogen and oxygen atoms in total. The van der Waals surface area contributed by atoms with E-state index in [1.165, 1.54) is 6.07 Å².